The molecule has 1 aliphatic heterocycles. The van der Waals surface area contributed by atoms with Crippen molar-refractivity contribution in [1.29, 1.82) is 0 Å². The van der Waals surface area contributed by atoms with Crippen LogP contribution in [0.1, 0.15) is 25.7 Å². The summed E-state index contributed by atoms with van der Waals surface area (Å²) >= 11 is 5.85. The molecule has 112 valence electrons. The largest absolute Gasteiger partial charge is 0.314 e. The highest BCUT2D eigenvalue weighted by molar-refractivity contribution is 7.92. The van der Waals surface area contributed by atoms with Gasteiger partial charge in [0.2, 0.25) is 10.0 Å². The van der Waals surface area contributed by atoms with E-state index in [2.05, 4.69) is 10.0 Å². The normalized spacial score (nSPS) is 19.8. The van der Waals surface area contributed by atoms with Crippen LogP contribution in [0.5, 0.6) is 0 Å². The van der Waals surface area contributed by atoms with Gasteiger partial charge >= 0.3 is 0 Å². The van der Waals surface area contributed by atoms with Crippen molar-refractivity contribution < 1.29 is 12.8 Å². The van der Waals surface area contributed by atoms with Gasteiger partial charge in [-0.1, -0.05) is 18.0 Å². The van der Waals surface area contributed by atoms with Crippen LogP contribution in [-0.4, -0.2) is 26.8 Å². The van der Waals surface area contributed by atoms with Crippen LogP contribution in [0, 0.1) is 5.82 Å². The van der Waals surface area contributed by atoms with E-state index in [1.807, 2.05) is 0 Å². The van der Waals surface area contributed by atoms with E-state index >= 15 is 0 Å². The Labute approximate surface area is 123 Å². The first kappa shape index (κ1) is 15.5. The molecule has 1 aromatic rings. The molecule has 1 saturated heterocycles. The molecule has 1 atom stereocenters. The number of rotatable bonds is 5. The van der Waals surface area contributed by atoms with Gasteiger partial charge in [-0.05, 0) is 44.0 Å². The first-order valence-corrected chi connectivity index (χ1v) is 8.68. The van der Waals surface area contributed by atoms with E-state index in [0.29, 0.717) is 6.42 Å². The Bertz CT molecular complexity index is 559. The van der Waals surface area contributed by atoms with Crippen LogP contribution in [0.25, 0.3) is 0 Å². The highest BCUT2D eigenvalue weighted by Gasteiger charge is 2.18. The Kier molecular flexibility index (Phi) is 5.23. The molecule has 1 heterocycles. The molecule has 7 heteroatoms. The van der Waals surface area contributed by atoms with Crippen molar-refractivity contribution in [2.45, 2.75) is 31.7 Å². The van der Waals surface area contributed by atoms with E-state index in [1.165, 1.54) is 12.1 Å². The minimum Gasteiger partial charge on any atom is -0.314 e. The van der Waals surface area contributed by atoms with Gasteiger partial charge in [0.25, 0.3) is 0 Å². The summed E-state index contributed by atoms with van der Waals surface area (Å²) in [5.74, 6) is -0.529. The van der Waals surface area contributed by atoms with Gasteiger partial charge < -0.3 is 5.32 Å². The number of piperidine rings is 1. The molecule has 4 nitrogen and oxygen atoms in total. The minimum atomic E-state index is -3.51. The fraction of sp³-hybridized carbons (Fsp3) is 0.538. The SMILES string of the molecule is O=S(=O)(CCC1CCCCN1)Nc1cc(F)ccc1Cl. The molecule has 0 saturated carbocycles. The number of nitrogens with one attached hydrogen (secondary N) is 2. The van der Waals surface area contributed by atoms with Gasteiger partial charge in [-0.2, -0.15) is 0 Å². The second-order valence-electron chi connectivity index (χ2n) is 4.98. The van der Waals surface area contributed by atoms with E-state index in [0.717, 1.165) is 31.9 Å². The topological polar surface area (TPSA) is 58.2 Å². The van der Waals surface area contributed by atoms with Gasteiger partial charge in [0.15, 0.2) is 0 Å². The van der Waals surface area contributed by atoms with Gasteiger partial charge in [-0.3, -0.25) is 4.72 Å². The lowest BCUT2D eigenvalue weighted by atomic mass is 10.0. The third-order valence-corrected chi connectivity index (χ3v) is 4.97. The van der Waals surface area contributed by atoms with Gasteiger partial charge in [0.05, 0.1) is 16.5 Å². The zero-order valence-corrected chi connectivity index (χ0v) is 12.6. The molecule has 2 N–H and O–H groups in total. The van der Waals surface area contributed by atoms with E-state index in [4.69, 9.17) is 11.6 Å². The van der Waals surface area contributed by atoms with Crippen LogP contribution >= 0.6 is 11.6 Å². The van der Waals surface area contributed by atoms with Crippen molar-refractivity contribution in [2.75, 3.05) is 17.0 Å². The Hall–Kier alpha value is -0.850. The Morgan fingerprint density at radius 3 is 2.90 bits per heavy atom. The second kappa shape index (κ2) is 6.74. The monoisotopic (exact) mass is 320 g/mol. The lowest BCUT2D eigenvalue weighted by Crippen LogP contribution is -2.36. The molecule has 1 fully saturated rings. The van der Waals surface area contributed by atoms with Crippen LogP contribution in [0.2, 0.25) is 5.02 Å². The molecular weight excluding hydrogens is 303 g/mol. The van der Waals surface area contributed by atoms with Crippen LogP contribution < -0.4 is 10.0 Å². The summed E-state index contributed by atoms with van der Waals surface area (Å²) in [6.07, 6.45) is 3.81. The maximum absolute atomic E-state index is 13.1. The molecule has 0 aliphatic carbocycles. The fourth-order valence-corrected chi connectivity index (χ4v) is 3.68. The maximum atomic E-state index is 13.1. The Morgan fingerprint density at radius 2 is 2.20 bits per heavy atom. The lowest BCUT2D eigenvalue weighted by Gasteiger charge is -2.23. The van der Waals surface area contributed by atoms with Crippen LogP contribution in [-0.2, 0) is 10.0 Å². The molecule has 0 bridgehead atoms. The molecule has 1 unspecified atom stereocenters. The van der Waals surface area contributed by atoms with E-state index in [9.17, 15) is 12.8 Å². The summed E-state index contributed by atoms with van der Waals surface area (Å²) in [5.41, 5.74) is 0.0864. The van der Waals surface area contributed by atoms with Crippen LogP contribution in [0.3, 0.4) is 0 Å². The molecule has 0 spiro atoms. The van der Waals surface area contributed by atoms with Gasteiger partial charge in [0.1, 0.15) is 5.82 Å². The summed E-state index contributed by atoms with van der Waals surface area (Å²) in [6, 6.07) is 3.84. The number of hydrogen-bond donors (Lipinski definition) is 2. The average molecular weight is 321 g/mol. The van der Waals surface area contributed by atoms with Crippen molar-refractivity contribution >= 4 is 27.3 Å². The second-order valence-corrected chi connectivity index (χ2v) is 7.23. The predicted molar refractivity (Wildman–Crippen MR) is 79.1 cm³/mol. The standard InChI is InChI=1S/C13H18ClFN2O2S/c14-12-5-4-10(15)9-13(12)17-20(18,19)8-6-11-3-1-2-7-16-11/h4-5,9,11,16-17H,1-3,6-8H2. The van der Waals surface area contributed by atoms with Gasteiger partial charge in [-0.15, -0.1) is 0 Å². The zero-order chi connectivity index (χ0) is 14.6. The number of hydrogen-bond acceptors (Lipinski definition) is 3. The molecule has 0 aromatic heterocycles. The molecular formula is C13H18ClFN2O2S. The Morgan fingerprint density at radius 1 is 1.40 bits per heavy atom. The molecule has 0 amide bonds. The molecule has 1 aromatic carbocycles. The third-order valence-electron chi connectivity index (χ3n) is 3.34. The quantitative estimate of drug-likeness (QED) is 0.877. The van der Waals surface area contributed by atoms with Crippen LogP contribution in [0.4, 0.5) is 10.1 Å². The van der Waals surface area contributed by atoms with E-state index < -0.39 is 15.8 Å². The summed E-state index contributed by atoms with van der Waals surface area (Å²) in [6.45, 7) is 0.938. The summed E-state index contributed by atoms with van der Waals surface area (Å²) in [7, 11) is -3.51. The summed E-state index contributed by atoms with van der Waals surface area (Å²) < 4.78 is 39.4. The van der Waals surface area contributed by atoms with E-state index in [1.54, 1.807) is 0 Å². The Balaban J connectivity index is 1.94. The molecule has 2 rings (SSSR count). The van der Waals surface area contributed by atoms with E-state index in [-0.39, 0.29) is 22.5 Å². The first-order valence-electron chi connectivity index (χ1n) is 6.65. The summed E-state index contributed by atoms with van der Waals surface area (Å²) in [5, 5.41) is 3.48. The third kappa shape index (κ3) is 4.61. The number of anilines is 1. The van der Waals surface area contributed by atoms with Crippen molar-refractivity contribution in [2.24, 2.45) is 0 Å². The fourth-order valence-electron chi connectivity index (χ4n) is 2.26. The lowest BCUT2D eigenvalue weighted by molar-refractivity contribution is 0.393. The zero-order valence-electron chi connectivity index (χ0n) is 11.0. The average Bonchev–Trinajstić information content (AvgIpc) is 2.42. The minimum absolute atomic E-state index is 0.00247. The highest BCUT2D eigenvalue weighted by atomic mass is 35.5. The van der Waals surface area contributed by atoms with Crippen molar-refractivity contribution in [1.82, 2.24) is 5.32 Å². The number of benzene rings is 1. The van der Waals surface area contributed by atoms with Gasteiger partial charge in [0, 0.05) is 6.04 Å². The maximum Gasteiger partial charge on any atom is 0.232 e. The summed E-state index contributed by atoms with van der Waals surface area (Å²) in [4.78, 5) is 0. The smallest absolute Gasteiger partial charge is 0.232 e. The highest BCUT2D eigenvalue weighted by Crippen LogP contribution is 2.24. The molecule has 1 aliphatic rings. The molecule has 0 radical (unpaired) electrons. The van der Waals surface area contributed by atoms with Crippen molar-refractivity contribution in [3.8, 4) is 0 Å². The van der Waals surface area contributed by atoms with Crippen LogP contribution in [0.15, 0.2) is 18.2 Å². The van der Waals surface area contributed by atoms with Gasteiger partial charge in [-0.25, -0.2) is 12.8 Å². The molecule has 20 heavy (non-hydrogen) atoms. The van der Waals surface area contributed by atoms with Crippen molar-refractivity contribution in [3.63, 3.8) is 0 Å². The first-order chi connectivity index (χ1) is 9.46. The van der Waals surface area contributed by atoms with Crippen molar-refractivity contribution in [3.05, 3.63) is 29.0 Å². The predicted octanol–water partition coefficient (Wildman–Crippen LogP) is 2.75. The number of halogens is 2. The number of sulfonamides is 1.